The van der Waals surface area contributed by atoms with Crippen molar-refractivity contribution in [3.05, 3.63) is 81.8 Å². The molecule has 3 aromatic rings. The maximum atomic E-state index is 14.0. The zero-order valence-corrected chi connectivity index (χ0v) is 26.3. The van der Waals surface area contributed by atoms with E-state index in [0.29, 0.717) is 28.6 Å². The van der Waals surface area contributed by atoms with Crippen LogP contribution in [0.15, 0.2) is 65.1 Å². The second kappa shape index (κ2) is 13.0. The molecule has 1 saturated carbocycles. The van der Waals surface area contributed by atoms with E-state index in [9.17, 15) is 27.7 Å². The van der Waals surface area contributed by atoms with E-state index in [0.717, 1.165) is 42.9 Å². The monoisotopic (exact) mass is 690 g/mol. The molecule has 222 valence electrons. The van der Waals surface area contributed by atoms with Crippen LogP contribution in [0.2, 0.25) is 0 Å². The molecule has 0 radical (unpaired) electrons. The molecular formula is C28H31BrF2O7P2S. The topological polar surface area (TPSA) is 124 Å². The number of ether oxygens (including phenoxy) is 1. The number of hydrogen-bond acceptors (Lipinski definition) is 4. The lowest BCUT2D eigenvalue weighted by Crippen LogP contribution is -2.24. The van der Waals surface area contributed by atoms with Gasteiger partial charge in [0.25, 0.3) is 0 Å². The van der Waals surface area contributed by atoms with Gasteiger partial charge in [0.2, 0.25) is 0 Å². The molecule has 1 aliphatic rings. The summed E-state index contributed by atoms with van der Waals surface area (Å²) in [4.78, 5) is 38.0. The molecule has 13 heteroatoms. The second-order valence-corrected chi connectivity index (χ2v) is 15.2. The van der Waals surface area contributed by atoms with Gasteiger partial charge >= 0.3 is 20.9 Å². The SMILES string of the molecule is CC(Oc1ccc(-c2ccc(CSCc3ccc(C(F)(F)P(=O)(O)O)c(Br)c3)cc2)cc1P(=O)(O)O)C1CCCC1. The van der Waals surface area contributed by atoms with Gasteiger partial charge in [0.1, 0.15) is 11.1 Å². The average Bonchev–Trinajstić information content (AvgIpc) is 3.43. The Morgan fingerprint density at radius 1 is 0.927 bits per heavy atom. The molecule has 1 unspecified atom stereocenters. The molecular weight excluding hydrogens is 660 g/mol. The number of halogens is 3. The lowest BCUT2D eigenvalue weighted by atomic mass is 10.0. The van der Waals surface area contributed by atoms with Crippen molar-refractivity contribution < 1.29 is 42.2 Å². The summed E-state index contributed by atoms with van der Waals surface area (Å²) in [5.74, 6) is 1.68. The third kappa shape index (κ3) is 7.89. The third-order valence-electron chi connectivity index (χ3n) is 7.20. The second-order valence-electron chi connectivity index (χ2n) is 10.2. The molecule has 0 spiro atoms. The van der Waals surface area contributed by atoms with Crippen LogP contribution >= 0.6 is 42.9 Å². The van der Waals surface area contributed by atoms with Crippen LogP contribution in [-0.4, -0.2) is 25.7 Å². The van der Waals surface area contributed by atoms with Gasteiger partial charge in [-0.3, -0.25) is 9.13 Å². The number of rotatable bonds is 11. The molecule has 1 aliphatic carbocycles. The van der Waals surface area contributed by atoms with Crippen molar-refractivity contribution in [2.24, 2.45) is 5.92 Å². The molecule has 0 aromatic heterocycles. The molecule has 1 fully saturated rings. The summed E-state index contributed by atoms with van der Waals surface area (Å²) in [6, 6.07) is 16.3. The van der Waals surface area contributed by atoms with Crippen molar-refractivity contribution in [1.82, 2.24) is 0 Å². The standard InChI is InChI=1S/C28H31BrF2O7P2S/c1-18(21-4-2-3-5-21)38-26-13-11-23(15-27(26)39(32,33)34)22-9-6-19(7-10-22)16-41-17-20-8-12-24(25(29)14-20)28(30,31)40(35,36)37/h6-15,18,21H,2-5,16-17H2,1H3,(H2,32,33,34)(H2,35,36,37). The minimum Gasteiger partial charge on any atom is -0.489 e. The van der Waals surface area contributed by atoms with Crippen LogP contribution in [0.4, 0.5) is 8.78 Å². The first-order valence-corrected chi connectivity index (χ1v) is 18.1. The van der Waals surface area contributed by atoms with Gasteiger partial charge in [-0.25, -0.2) is 0 Å². The van der Waals surface area contributed by atoms with Gasteiger partial charge in [-0.05, 0) is 66.1 Å². The van der Waals surface area contributed by atoms with Crippen LogP contribution < -0.4 is 10.0 Å². The molecule has 4 rings (SSSR count). The number of thioether (sulfide) groups is 1. The van der Waals surface area contributed by atoms with Gasteiger partial charge in [0.05, 0.1) is 6.10 Å². The van der Waals surface area contributed by atoms with Crippen LogP contribution in [0.1, 0.15) is 49.3 Å². The Kier molecular flexibility index (Phi) is 10.2. The van der Waals surface area contributed by atoms with Crippen LogP contribution in [0.3, 0.4) is 0 Å². The summed E-state index contributed by atoms with van der Waals surface area (Å²) >= 11 is 4.53. The van der Waals surface area contributed by atoms with Crippen molar-refractivity contribution >= 4 is 48.2 Å². The Hall–Kier alpha value is -1.55. The predicted molar refractivity (Wildman–Crippen MR) is 161 cm³/mol. The molecule has 1 atom stereocenters. The van der Waals surface area contributed by atoms with Gasteiger partial charge in [-0.2, -0.15) is 20.5 Å². The van der Waals surface area contributed by atoms with Crippen LogP contribution in [-0.2, 0) is 26.3 Å². The molecule has 0 heterocycles. The van der Waals surface area contributed by atoms with E-state index in [-0.39, 0.29) is 21.6 Å². The van der Waals surface area contributed by atoms with E-state index in [1.54, 1.807) is 12.1 Å². The maximum absolute atomic E-state index is 14.0. The molecule has 0 saturated heterocycles. The summed E-state index contributed by atoms with van der Waals surface area (Å²) < 4.78 is 57.5. The first kappa shape index (κ1) is 32.4. The highest BCUT2D eigenvalue weighted by Crippen LogP contribution is 2.60. The molecule has 7 nitrogen and oxygen atoms in total. The highest BCUT2D eigenvalue weighted by molar-refractivity contribution is 9.10. The zero-order chi connectivity index (χ0) is 30.0. The highest BCUT2D eigenvalue weighted by atomic mass is 79.9. The highest BCUT2D eigenvalue weighted by Gasteiger charge is 2.51. The first-order chi connectivity index (χ1) is 19.2. The first-order valence-electron chi connectivity index (χ1n) is 12.9. The molecule has 41 heavy (non-hydrogen) atoms. The lowest BCUT2D eigenvalue weighted by Gasteiger charge is -2.23. The van der Waals surface area contributed by atoms with Crippen LogP contribution in [0, 0.1) is 5.92 Å². The Morgan fingerprint density at radius 3 is 2.10 bits per heavy atom. The molecule has 4 N–H and O–H groups in total. The van der Waals surface area contributed by atoms with Gasteiger partial charge in [-0.1, -0.05) is 71.2 Å². The smallest absolute Gasteiger partial charge is 0.399 e. The van der Waals surface area contributed by atoms with E-state index in [1.165, 1.54) is 30.0 Å². The Labute approximate surface area is 250 Å². The summed E-state index contributed by atoms with van der Waals surface area (Å²) in [5, 5.41) is -0.129. The minimum atomic E-state index is -5.66. The molecule has 0 aliphatic heterocycles. The summed E-state index contributed by atoms with van der Waals surface area (Å²) in [6.45, 7) is 1.95. The molecule has 0 amide bonds. The fraction of sp³-hybridized carbons (Fsp3) is 0.357. The summed E-state index contributed by atoms with van der Waals surface area (Å²) in [5.41, 5.74) is -1.91. The Morgan fingerprint density at radius 2 is 1.51 bits per heavy atom. The summed E-state index contributed by atoms with van der Waals surface area (Å²) in [6.07, 6.45) is 4.26. The largest absolute Gasteiger partial charge is 0.489 e. The van der Waals surface area contributed by atoms with Crippen molar-refractivity contribution in [1.29, 1.82) is 0 Å². The fourth-order valence-electron chi connectivity index (χ4n) is 4.88. The van der Waals surface area contributed by atoms with Gasteiger partial charge in [0, 0.05) is 21.5 Å². The van der Waals surface area contributed by atoms with Gasteiger partial charge in [0.15, 0.2) is 0 Å². The van der Waals surface area contributed by atoms with Crippen LogP contribution in [0.25, 0.3) is 11.1 Å². The van der Waals surface area contributed by atoms with E-state index >= 15 is 0 Å². The van der Waals surface area contributed by atoms with E-state index < -0.39 is 26.4 Å². The lowest BCUT2D eigenvalue weighted by molar-refractivity contribution is 0.0557. The van der Waals surface area contributed by atoms with Crippen molar-refractivity contribution in [2.75, 3.05) is 0 Å². The van der Waals surface area contributed by atoms with E-state index in [4.69, 9.17) is 14.5 Å². The molecule has 0 bridgehead atoms. The Balaban J connectivity index is 1.41. The maximum Gasteiger partial charge on any atom is 0.399 e. The average molecular weight is 691 g/mol. The van der Waals surface area contributed by atoms with Crippen molar-refractivity contribution in [3.8, 4) is 16.9 Å². The number of hydrogen-bond donors (Lipinski definition) is 4. The fourth-order valence-corrected chi connectivity index (χ4v) is 7.88. The van der Waals surface area contributed by atoms with Gasteiger partial charge < -0.3 is 24.3 Å². The number of benzene rings is 3. The quantitative estimate of drug-likeness (QED) is 0.152. The zero-order valence-electron chi connectivity index (χ0n) is 22.1. The van der Waals surface area contributed by atoms with E-state index in [2.05, 4.69) is 15.9 Å². The Bertz CT molecular complexity index is 1470. The van der Waals surface area contributed by atoms with E-state index in [1.807, 2.05) is 31.2 Å². The summed E-state index contributed by atoms with van der Waals surface area (Å²) in [7, 11) is -10.2. The van der Waals surface area contributed by atoms with Crippen molar-refractivity contribution in [3.63, 3.8) is 0 Å². The van der Waals surface area contributed by atoms with Gasteiger partial charge in [-0.15, -0.1) is 0 Å². The minimum absolute atomic E-state index is 0.0765. The van der Waals surface area contributed by atoms with Crippen molar-refractivity contribution in [2.45, 2.75) is 55.9 Å². The normalized spacial score (nSPS) is 15.7. The third-order valence-corrected chi connectivity index (χ3v) is 10.9. The predicted octanol–water partition coefficient (Wildman–Crippen LogP) is 7.54. The van der Waals surface area contributed by atoms with Crippen LogP contribution in [0.5, 0.6) is 5.75 Å². The molecule has 3 aromatic carbocycles. The number of alkyl halides is 2.